The number of fused-ring (bicyclic) bond motifs is 2. The number of hydrogen-bond acceptors (Lipinski definition) is 4. The summed E-state index contributed by atoms with van der Waals surface area (Å²) in [5.74, 6) is 1.00. The van der Waals surface area contributed by atoms with Gasteiger partial charge in [-0.3, -0.25) is 4.90 Å². The van der Waals surface area contributed by atoms with Gasteiger partial charge in [0.15, 0.2) is 0 Å². The van der Waals surface area contributed by atoms with E-state index < -0.39 is 0 Å². The zero-order valence-electron chi connectivity index (χ0n) is 21.7. The van der Waals surface area contributed by atoms with E-state index in [2.05, 4.69) is 110 Å². The van der Waals surface area contributed by atoms with Gasteiger partial charge in [-0.2, -0.15) is 0 Å². The van der Waals surface area contributed by atoms with Crippen LogP contribution in [-0.4, -0.2) is 50.1 Å². The molecule has 4 heteroatoms. The molecule has 0 radical (unpaired) electrons. The second-order valence-electron chi connectivity index (χ2n) is 9.68. The molecule has 3 aromatic carbocycles. The Balaban J connectivity index is 1.18. The number of allylic oxidation sites excluding steroid dienone is 1. The maximum absolute atomic E-state index is 6.29. The number of thiophene rings is 1. The molecule has 36 heavy (non-hydrogen) atoms. The predicted molar refractivity (Wildman–Crippen MR) is 157 cm³/mol. The van der Waals surface area contributed by atoms with Gasteiger partial charge in [-0.25, -0.2) is 0 Å². The summed E-state index contributed by atoms with van der Waals surface area (Å²) in [6.07, 6.45) is 7.88. The summed E-state index contributed by atoms with van der Waals surface area (Å²) in [4.78, 5) is 6.04. The van der Waals surface area contributed by atoms with E-state index in [-0.39, 0.29) is 0 Å². The summed E-state index contributed by atoms with van der Waals surface area (Å²) in [5.41, 5.74) is 4.16. The Bertz CT molecular complexity index is 1390. The number of nitrogens with zero attached hydrogens (tertiary/aromatic N) is 2. The van der Waals surface area contributed by atoms with E-state index in [0.717, 1.165) is 51.3 Å². The quantitative estimate of drug-likeness (QED) is 0.219. The molecule has 0 saturated carbocycles. The van der Waals surface area contributed by atoms with Gasteiger partial charge in [0.2, 0.25) is 0 Å². The highest BCUT2D eigenvalue weighted by molar-refractivity contribution is 7.20. The summed E-state index contributed by atoms with van der Waals surface area (Å²) in [6, 6.07) is 24.1. The van der Waals surface area contributed by atoms with Crippen molar-refractivity contribution in [1.82, 2.24) is 9.80 Å². The van der Waals surface area contributed by atoms with Crippen LogP contribution in [0.4, 0.5) is 0 Å². The summed E-state index contributed by atoms with van der Waals surface area (Å²) in [7, 11) is 4.23. The summed E-state index contributed by atoms with van der Waals surface area (Å²) < 4.78 is 7.58. The van der Waals surface area contributed by atoms with Crippen molar-refractivity contribution in [3.05, 3.63) is 89.3 Å². The molecule has 0 bridgehead atoms. The zero-order valence-corrected chi connectivity index (χ0v) is 22.5. The van der Waals surface area contributed by atoms with Gasteiger partial charge in [0.1, 0.15) is 5.75 Å². The Hall–Kier alpha value is -3.08. The van der Waals surface area contributed by atoms with Gasteiger partial charge in [0.05, 0.1) is 11.5 Å². The van der Waals surface area contributed by atoms with Crippen molar-refractivity contribution in [1.29, 1.82) is 0 Å². The van der Waals surface area contributed by atoms with Crippen LogP contribution in [0.1, 0.15) is 36.6 Å². The molecule has 1 aliphatic rings. The second kappa shape index (κ2) is 11.3. The molecule has 2 heterocycles. The fraction of sp³-hybridized carbons (Fsp3) is 0.312. The van der Waals surface area contributed by atoms with Crippen LogP contribution in [-0.2, 0) is 0 Å². The molecule has 0 amide bonds. The lowest BCUT2D eigenvalue weighted by atomic mass is 9.94. The maximum Gasteiger partial charge on any atom is 0.127 e. The van der Waals surface area contributed by atoms with E-state index in [4.69, 9.17) is 4.74 Å². The highest BCUT2D eigenvalue weighted by Gasteiger charge is 2.15. The maximum atomic E-state index is 6.29. The van der Waals surface area contributed by atoms with Crippen LogP contribution in [0.15, 0.2) is 78.9 Å². The topological polar surface area (TPSA) is 15.7 Å². The molecule has 1 aliphatic heterocycles. The lowest BCUT2D eigenvalue weighted by molar-refractivity contribution is 0.250. The normalized spacial score (nSPS) is 14.9. The largest absolute Gasteiger partial charge is 0.493 e. The Morgan fingerprint density at radius 3 is 2.67 bits per heavy atom. The van der Waals surface area contributed by atoms with Crippen LogP contribution in [0.25, 0.3) is 32.1 Å². The molecule has 0 fully saturated rings. The Kier molecular flexibility index (Phi) is 7.74. The predicted octanol–water partition coefficient (Wildman–Crippen LogP) is 7.93. The van der Waals surface area contributed by atoms with Crippen molar-refractivity contribution < 1.29 is 4.74 Å². The number of hydrogen-bond donors (Lipinski definition) is 0. The van der Waals surface area contributed by atoms with Crippen LogP contribution in [0.2, 0.25) is 0 Å². The first-order chi connectivity index (χ1) is 17.6. The zero-order chi connectivity index (χ0) is 24.9. The standard InChI is InChI=1S/C32H36N2OS/c1-4-10-29(33(2)3)32-23-28-30(15-8-16-31(28)36-32)35-22-9-19-34-20-17-25(18-21-34)27-14-7-12-24-11-5-6-13-26(24)27/h5-8,10-17,23H,4,9,18-22H2,1-3H3/b29-10+. The average Bonchev–Trinajstić information content (AvgIpc) is 3.34. The van der Waals surface area contributed by atoms with E-state index in [9.17, 15) is 0 Å². The Morgan fingerprint density at radius 1 is 1.03 bits per heavy atom. The number of ether oxygens (including phenoxy) is 1. The molecule has 0 spiro atoms. The fourth-order valence-corrected chi connectivity index (χ4v) is 6.32. The minimum atomic E-state index is 0.742. The van der Waals surface area contributed by atoms with Gasteiger partial charge in [-0.15, -0.1) is 11.3 Å². The Labute approximate surface area is 219 Å². The van der Waals surface area contributed by atoms with E-state index in [0.29, 0.717) is 0 Å². The van der Waals surface area contributed by atoms with Gasteiger partial charge < -0.3 is 9.64 Å². The van der Waals surface area contributed by atoms with Crippen LogP contribution in [0.3, 0.4) is 0 Å². The molecular weight excluding hydrogens is 460 g/mol. The smallest absolute Gasteiger partial charge is 0.127 e. The molecule has 0 unspecified atom stereocenters. The average molecular weight is 497 g/mol. The van der Waals surface area contributed by atoms with Crippen molar-refractivity contribution in [2.24, 2.45) is 0 Å². The lowest BCUT2D eigenvalue weighted by Crippen LogP contribution is -2.30. The molecule has 5 rings (SSSR count). The molecule has 0 aliphatic carbocycles. The molecule has 0 N–H and O–H groups in total. The first-order valence-corrected chi connectivity index (χ1v) is 13.9. The van der Waals surface area contributed by atoms with Gasteiger partial charge in [-0.05, 0) is 59.4 Å². The molecule has 1 aromatic heterocycles. The summed E-state index contributed by atoms with van der Waals surface area (Å²) in [6.45, 7) is 6.11. The fourth-order valence-electron chi connectivity index (χ4n) is 5.12. The van der Waals surface area contributed by atoms with Crippen molar-refractivity contribution in [3.63, 3.8) is 0 Å². The van der Waals surface area contributed by atoms with Gasteiger partial charge in [0, 0.05) is 49.5 Å². The SMILES string of the molecule is CC/C=C(\c1cc2c(OCCCN3CC=C(c4cccc5ccccc45)CC3)cccc2s1)N(C)C. The van der Waals surface area contributed by atoms with E-state index in [1.54, 1.807) is 0 Å². The minimum absolute atomic E-state index is 0.742. The van der Waals surface area contributed by atoms with Gasteiger partial charge >= 0.3 is 0 Å². The second-order valence-corrected chi connectivity index (χ2v) is 10.8. The molecule has 0 atom stereocenters. The van der Waals surface area contributed by atoms with E-state index in [1.807, 2.05) is 11.3 Å². The first-order valence-electron chi connectivity index (χ1n) is 13.1. The molecule has 0 saturated heterocycles. The van der Waals surface area contributed by atoms with Crippen LogP contribution < -0.4 is 4.74 Å². The lowest BCUT2D eigenvalue weighted by Gasteiger charge is -2.27. The van der Waals surface area contributed by atoms with Gasteiger partial charge in [-0.1, -0.05) is 67.6 Å². The van der Waals surface area contributed by atoms with E-state index >= 15 is 0 Å². The number of benzene rings is 3. The van der Waals surface area contributed by atoms with Crippen LogP contribution in [0.5, 0.6) is 5.75 Å². The van der Waals surface area contributed by atoms with Crippen LogP contribution >= 0.6 is 11.3 Å². The van der Waals surface area contributed by atoms with Crippen molar-refractivity contribution in [2.75, 3.05) is 40.3 Å². The van der Waals surface area contributed by atoms with Crippen molar-refractivity contribution in [3.8, 4) is 5.75 Å². The van der Waals surface area contributed by atoms with Crippen molar-refractivity contribution >= 4 is 43.5 Å². The molecule has 186 valence electrons. The molecule has 3 nitrogen and oxygen atoms in total. The highest BCUT2D eigenvalue weighted by atomic mass is 32.1. The first kappa shape index (κ1) is 24.6. The third kappa shape index (κ3) is 5.35. The van der Waals surface area contributed by atoms with Crippen LogP contribution in [0, 0.1) is 0 Å². The highest BCUT2D eigenvalue weighted by Crippen LogP contribution is 2.36. The molecular formula is C32H36N2OS. The third-order valence-electron chi connectivity index (χ3n) is 6.96. The van der Waals surface area contributed by atoms with Gasteiger partial charge in [0.25, 0.3) is 0 Å². The van der Waals surface area contributed by atoms with Crippen molar-refractivity contribution in [2.45, 2.75) is 26.2 Å². The Morgan fingerprint density at radius 2 is 1.86 bits per heavy atom. The third-order valence-corrected chi connectivity index (χ3v) is 8.08. The summed E-state index contributed by atoms with van der Waals surface area (Å²) in [5, 5.41) is 3.91. The summed E-state index contributed by atoms with van der Waals surface area (Å²) >= 11 is 1.84. The van der Waals surface area contributed by atoms with E-state index in [1.165, 1.54) is 42.6 Å². The number of rotatable bonds is 9. The minimum Gasteiger partial charge on any atom is -0.493 e. The molecule has 4 aromatic rings. The monoisotopic (exact) mass is 496 g/mol.